The maximum absolute atomic E-state index is 12.9. The number of carbonyl (C=O) groups is 2. The molecule has 1 N–H and O–H groups in total. The molecule has 0 saturated carbocycles. The summed E-state index contributed by atoms with van der Waals surface area (Å²) in [5, 5.41) is 11.9. The van der Waals surface area contributed by atoms with Crippen LogP contribution < -0.4 is 0 Å². The molecule has 0 unspecified atom stereocenters. The van der Waals surface area contributed by atoms with Crippen molar-refractivity contribution in [1.82, 2.24) is 9.88 Å². The molecule has 3 rings (SSSR count). The van der Waals surface area contributed by atoms with E-state index in [1.165, 1.54) is 23.5 Å². The normalized spacial score (nSPS) is 20.0. The van der Waals surface area contributed by atoms with Gasteiger partial charge < -0.3 is 10.0 Å². The molecule has 1 aliphatic rings. The first kappa shape index (κ1) is 17.5. The highest BCUT2D eigenvalue weighted by atomic mass is 32.1. The predicted octanol–water partition coefficient (Wildman–Crippen LogP) is 2.59. The van der Waals surface area contributed by atoms with Gasteiger partial charge in [-0.2, -0.15) is 0 Å². The summed E-state index contributed by atoms with van der Waals surface area (Å²) in [5.74, 6) is -1.74. The predicted molar refractivity (Wildman–Crippen MR) is 91.9 cm³/mol. The molecule has 1 amide bonds. The number of hydrogen-bond acceptors (Lipinski definition) is 4. The van der Waals surface area contributed by atoms with Crippen LogP contribution >= 0.6 is 11.3 Å². The fraction of sp³-hybridized carbons (Fsp3) is 0.389. The van der Waals surface area contributed by atoms with Gasteiger partial charge in [-0.25, -0.2) is 9.37 Å². The van der Waals surface area contributed by atoms with E-state index in [0.717, 1.165) is 10.6 Å². The number of amides is 1. The Kier molecular flexibility index (Phi) is 5.13. The molecular weight excluding hydrogens is 343 g/mol. The van der Waals surface area contributed by atoms with Crippen LogP contribution in [-0.4, -0.2) is 40.0 Å². The van der Waals surface area contributed by atoms with Crippen molar-refractivity contribution in [2.45, 2.75) is 19.8 Å². The number of nitrogens with zero attached hydrogens (tertiary/aromatic N) is 2. The fourth-order valence-corrected chi connectivity index (χ4v) is 3.87. The van der Waals surface area contributed by atoms with Crippen LogP contribution in [0.5, 0.6) is 0 Å². The smallest absolute Gasteiger partial charge is 0.308 e. The van der Waals surface area contributed by atoms with Crippen molar-refractivity contribution in [3.05, 3.63) is 51.7 Å². The molecule has 1 saturated heterocycles. The van der Waals surface area contributed by atoms with Gasteiger partial charge in [0.25, 0.3) is 0 Å². The maximum atomic E-state index is 12.9. The van der Waals surface area contributed by atoms with E-state index in [2.05, 4.69) is 4.98 Å². The molecule has 2 atom stereocenters. The van der Waals surface area contributed by atoms with Crippen LogP contribution in [0, 0.1) is 17.7 Å². The summed E-state index contributed by atoms with van der Waals surface area (Å²) in [4.78, 5) is 29.6. The molecule has 1 aromatic heterocycles. The number of aromatic nitrogens is 1. The van der Waals surface area contributed by atoms with E-state index in [1.54, 1.807) is 17.0 Å². The first-order chi connectivity index (χ1) is 11.9. The van der Waals surface area contributed by atoms with Gasteiger partial charge >= 0.3 is 5.97 Å². The third kappa shape index (κ3) is 4.22. The molecular formula is C18H19FN2O3S. The topological polar surface area (TPSA) is 70.5 Å². The SMILES string of the molecule is C[C@@H]1CN(C(=O)Cc2csc(Cc3ccc(F)cc3)n2)C[C@H]1C(=O)O. The largest absolute Gasteiger partial charge is 0.481 e. The lowest BCUT2D eigenvalue weighted by molar-refractivity contribution is -0.142. The Morgan fingerprint density at radius 3 is 2.68 bits per heavy atom. The van der Waals surface area contributed by atoms with Crippen LogP contribution in [0.4, 0.5) is 4.39 Å². The van der Waals surface area contributed by atoms with Gasteiger partial charge in [-0.1, -0.05) is 19.1 Å². The van der Waals surface area contributed by atoms with Crippen LogP contribution in [0.1, 0.15) is 23.2 Å². The minimum atomic E-state index is -0.849. The average molecular weight is 362 g/mol. The van der Waals surface area contributed by atoms with E-state index in [4.69, 9.17) is 5.11 Å². The van der Waals surface area contributed by atoms with E-state index in [-0.39, 0.29) is 30.6 Å². The molecule has 5 nitrogen and oxygen atoms in total. The van der Waals surface area contributed by atoms with Gasteiger partial charge in [-0.15, -0.1) is 11.3 Å². The summed E-state index contributed by atoms with van der Waals surface area (Å²) in [6.07, 6.45) is 0.778. The fourth-order valence-electron chi connectivity index (χ4n) is 3.05. The van der Waals surface area contributed by atoms with Crippen molar-refractivity contribution in [3.8, 4) is 0 Å². The van der Waals surface area contributed by atoms with Gasteiger partial charge in [0.1, 0.15) is 5.82 Å². The molecule has 1 fully saturated rings. The van der Waals surface area contributed by atoms with Gasteiger partial charge in [0.05, 0.1) is 23.0 Å². The third-order valence-electron chi connectivity index (χ3n) is 4.48. The summed E-state index contributed by atoms with van der Waals surface area (Å²) < 4.78 is 12.9. The minimum absolute atomic E-state index is 0.0362. The first-order valence-electron chi connectivity index (χ1n) is 8.10. The van der Waals surface area contributed by atoms with E-state index < -0.39 is 11.9 Å². The third-order valence-corrected chi connectivity index (χ3v) is 5.38. The molecule has 0 spiro atoms. The van der Waals surface area contributed by atoms with E-state index in [9.17, 15) is 14.0 Å². The Bertz CT molecular complexity index is 775. The zero-order valence-corrected chi connectivity index (χ0v) is 14.6. The number of carboxylic acids is 1. The Morgan fingerprint density at radius 1 is 1.32 bits per heavy atom. The molecule has 25 heavy (non-hydrogen) atoms. The van der Waals surface area contributed by atoms with E-state index >= 15 is 0 Å². The summed E-state index contributed by atoms with van der Waals surface area (Å²) in [6.45, 7) is 2.60. The van der Waals surface area contributed by atoms with Gasteiger partial charge in [0, 0.05) is 24.9 Å². The second-order valence-corrected chi connectivity index (χ2v) is 7.38. The molecule has 1 aromatic carbocycles. The molecule has 7 heteroatoms. The minimum Gasteiger partial charge on any atom is -0.481 e. The van der Waals surface area contributed by atoms with Crippen LogP contribution in [0.25, 0.3) is 0 Å². The molecule has 2 aromatic rings. The summed E-state index contributed by atoms with van der Waals surface area (Å²) in [6, 6.07) is 6.28. The van der Waals surface area contributed by atoms with E-state index in [1.807, 2.05) is 12.3 Å². The molecule has 1 aliphatic heterocycles. The van der Waals surface area contributed by atoms with Gasteiger partial charge in [-0.05, 0) is 23.6 Å². The standard InChI is InChI=1S/C18H19FN2O3S/c1-11-8-21(9-15(11)18(23)24)17(22)7-14-10-25-16(20-14)6-12-2-4-13(19)5-3-12/h2-5,10-11,15H,6-9H2,1H3,(H,23,24)/t11-,15-/m1/s1. The number of carboxylic acid groups (broad SMARTS) is 1. The highest BCUT2D eigenvalue weighted by Crippen LogP contribution is 2.24. The van der Waals surface area contributed by atoms with Crippen molar-refractivity contribution in [3.63, 3.8) is 0 Å². The first-order valence-corrected chi connectivity index (χ1v) is 8.98. The Morgan fingerprint density at radius 2 is 2.04 bits per heavy atom. The molecule has 0 bridgehead atoms. The number of rotatable bonds is 5. The highest BCUT2D eigenvalue weighted by molar-refractivity contribution is 7.09. The van der Waals surface area contributed by atoms with Crippen LogP contribution in [0.2, 0.25) is 0 Å². The number of thiazole rings is 1. The number of aliphatic carboxylic acids is 1. The Balaban J connectivity index is 1.59. The van der Waals surface area contributed by atoms with Crippen LogP contribution in [0.3, 0.4) is 0 Å². The summed E-state index contributed by atoms with van der Waals surface area (Å²) in [5.41, 5.74) is 1.66. The Labute approximate surface area is 149 Å². The number of carbonyl (C=O) groups excluding carboxylic acids is 1. The lowest BCUT2D eigenvalue weighted by atomic mass is 9.99. The molecule has 0 aliphatic carbocycles. The van der Waals surface area contributed by atoms with Gasteiger partial charge in [0.2, 0.25) is 5.91 Å². The number of hydrogen-bond donors (Lipinski definition) is 1. The maximum Gasteiger partial charge on any atom is 0.308 e. The van der Waals surface area contributed by atoms with E-state index in [0.29, 0.717) is 18.7 Å². The molecule has 132 valence electrons. The quantitative estimate of drug-likeness (QED) is 0.888. The lowest BCUT2D eigenvalue weighted by Crippen LogP contribution is -2.31. The second-order valence-electron chi connectivity index (χ2n) is 6.43. The van der Waals surface area contributed by atoms with Crippen molar-refractivity contribution in [2.75, 3.05) is 13.1 Å². The Hall–Kier alpha value is -2.28. The van der Waals surface area contributed by atoms with Gasteiger partial charge in [0.15, 0.2) is 0 Å². The zero-order chi connectivity index (χ0) is 18.0. The number of halogens is 1. The zero-order valence-electron chi connectivity index (χ0n) is 13.8. The van der Waals surface area contributed by atoms with Crippen molar-refractivity contribution in [2.24, 2.45) is 11.8 Å². The second kappa shape index (κ2) is 7.31. The summed E-state index contributed by atoms with van der Waals surface area (Å²) >= 11 is 1.47. The summed E-state index contributed by atoms with van der Waals surface area (Å²) in [7, 11) is 0. The van der Waals surface area contributed by atoms with Crippen molar-refractivity contribution >= 4 is 23.2 Å². The monoisotopic (exact) mass is 362 g/mol. The molecule has 0 radical (unpaired) electrons. The van der Waals surface area contributed by atoms with Gasteiger partial charge in [-0.3, -0.25) is 9.59 Å². The average Bonchev–Trinajstić information content (AvgIpc) is 3.16. The lowest BCUT2D eigenvalue weighted by Gasteiger charge is -2.14. The van der Waals surface area contributed by atoms with Crippen molar-refractivity contribution < 1.29 is 19.1 Å². The van der Waals surface area contributed by atoms with Crippen LogP contribution in [0.15, 0.2) is 29.6 Å². The molecule has 2 heterocycles. The van der Waals surface area contributed by atoms with Crippen molar-refractivity contribution in [1.29, 1.82) is 0 Å². The number of likely N-dealkylation sites (tertiary alicyclic amines) is 1. The highest BCUT2D eigenvalue weighted by Gasteiger charge is 2.36. The number of benzene rings is 1. The van der Waals surface area contributed by atoms with Crippen LogP contribution in [-0.2, 0) is 22.4 Å².